The van der Waals surface area contributed by atoms with Crippen molar-refractivity contribution in [2.75, 3.05) is 26.7 Å². The number of hydrogen-bond donors (Lipinski definition) is 2. The lowest BCUT2D eigenvalue weighted by atomic mass is 9.73. The molecule has 10 nitrogen and oxygen atoms in total. The van der Waals surface area contributed by atoms with Crippen LogP contribution in [0, 0.1) is 16.7 Å². The average Bonchev–Trinajstić information content (AvgIpc) is 3.12. The molecule has 2 unspecified atom stereocenters. The third kappa shape index (κ3) is 5.15. The number of carboxylic acid groups (broad SMARTS) is 1. The fourth-order valence-corrected chi connectivity index (χ4v) is 4.79. The Labute approximate surface area is 208 Å². The van der Waals surface area contributed by atoms with Crippen molar-refractivity contribution in [2.24, 2.45) is 10.5 Å². The normalized spacial score (nSPS) is 19.7. The van der Waals surface area contributed by atoms with Gasteiger partial charge in [-0.1, -0.05) is 36.4 Å². The summed E-state index contributed by atoms with van der Waals surface area (Å²) in [5.74, 6) is -0.140. The Balaban J connectivity index is 1.50. The zero-order valence-electron chi connectivity index (χ0n) is 19.9. The second-order valence-electron chi connectivity index (χ2n) is 8.91. The molecule has 1 saturated heterocycles. The van der Waals surface area contributed by atoms with Gasteiger partial charge >= 0.3 is 6.09 Å². The molecule has 2 aromatic carbocycles. The van der Waals surface area contributed by atoms with Crippen molar-refractivity contribution >= 4 is 23.6 Å². The van der Waals surface area contributed by atoms with Crippen LogP contribution < -0.4 is 10.1 Å². The summed E-state index contributed by atoms with van der Waals surface area (Å²) < 4.78 is 5.66. The number of nitrogens with zero attached hydrogens (tertiary/aromatic N) is 4. The Hall–Kier alpha value is -4.39. The number of piperidine rings is 1. The van der Waals surface area contributed by atoms with E-state index in [1.54, 1.807) is 36.2 Å². The fraction of sp³-hybridized carbons (Fsp3) is 0.346. The predicted octanol–water partition coefficient (Wildman–Crippen LogP) is 2.25. The molecule has 1 fully saturated rings. The number of ether oxygens (including phenoxy) is 1. The summed E-state index contributed by atoms with van der Waals surface area (Å²) in [6, 6.07) is 17.1. The average molecular weight is 490 g/mol. The number of carbonyl (C=O) groups is 3. The van der Waals surface area contributed by atoms with Gasteiger partial charge in [-0.05, 0) is 30.2 Å². The smallest absolute Gasteiger partial charge is 0.405 e. The largest absolute Gasteiger partial charge is 0.493 e. The van der Waals surface area contributed by atoms with E-state index < -0.39 is 23.5 Å². The van der Waals surface area contributed by atoms with E-state index in [0.717, 1.165) is 11.3 Å². The van der Waals surface area contributed by atoms with E-state index >= 15 is 0 Å². The highest BCUT2D eigenvalue weighted by Crippen LogP contribution is 2.38. The number of hydrogen-bond acceptors (Lipinski definition) is 6. The molecular weight excluding hydrogens is 462 g/mol. The summed E-state index contributed by atoms with van der Waals surface area (Å²) in [7, 11) is 1.61. The maximum absolute atomic E-state index is 13.5. The molecule has 2 N–H and O–H groups in total. The van der Waals surface area contributed by atoms with Crippen LogP contribution >= 0.6 is 0 Å². The van der Waals surface area contributed by atoms with Gasteiger partial charge in [0.15, 0.2) is 0 Å². The molecule has 36 heavy (non-hydrogen) atoms. The predicted molar refractivity (Wildman–Crippen MR) is 130 cm³/mol. The highest BCUT2D eigenvalue weighted by atomic mass is 16.5. The zero-order valence-corrected chi connectivity index (χ0v) is 19.9. The van der Waals surface area contributed by atoms with Gasteiger partial charge in [-0.25, -0.2) is 9.80 Å². The third-order valence-electron chi connectivity index (χ3n) is 6.50. The molecule has 0 radical (unpaired) electrons. The quantitative estimate of drug-likeness (QED) is 0.584. The minimum absolute atomic E-state index is 0.0585. The Morgan fingerprint density at radius 1 is 1.25 bits per heavy atom. The molecule has 0 spiro atoms. The molecular formula is C26H27N5O5. The molecule has 186 valence electrons. The zero-order chi connectivity index (χ0) is 25.7. The van der Waals surface area contributed by atoms with Gasteiger partial charge in [0, 0.05) is 33.0 Å². The van der Waals surface area contributed by atoms with Crippen molar-refractivity contribution in [3.05, 3.63) is 65.7 Å². The van der Waals surface area contributed by atoms with Crippen molar-refractivity contribution in [1.29, 1.82) is 5.26 Å². The Kier molecular flexibility index (Phi) is 7.20. The van der Waals surface area contributed by atoms with Gasteiger partial charge in [-0.2, -0.15) is 10.4 Å². The van der Waals surface area contributed by atoms with Crippen molar-refractivity contribution in [1.82, 2.24) is 15.2 Å². The van der Waals surface area contributed by atoms with Gasteiger partial charge in [0.1, 0.15) is 17.2 Å². The first kappa shape index (κ1) is 24.7. The van der Waals surface area contributed by atoms with Crippen LogP contribution in [0.3, 0.4) is 0 Å². The molecule has 0 aliphatic carbocycles. The summed E-state index contributed by atoms with van der Waals surface area (Å²) in [6.45, 7) is 0.507. The van der Waals surface area contributed by atoms with E-state index in [0.29, 0.717) is 30.7 Å². The summed E-state index contributed by atoms with van der Waals surface area (Å²) in [6.07, 6.45) is -0.422. The highest BCUT2D eigenvalue weighted by Gasteiger charge is 2.53. The molecule has 2 aliphatic rings. The van der Waals surface area contributed by atoms with Gasteiger partial charge in [-0.15, -0.1) is 0 Å². The van der Waals surface area contributed by atoms with Crippen LogP contribution in [0.1, 0.15) is 24.0 Å². The number of likely N-dealkylation sites (tertiary alicyclic amines) is 1. The van der Waals surface area contributed by atoms with Crippen LogP contribution in [0.25, 0.3) is 0 Å². The summed E-state index contributed by atoms with van der Waals surface area (Å²) >= 11 is 0. The van der Waals surface area contributed by atoms with Crippen molar-refractivity contribution in [3.8, 4) is 11.8 Å². The Bertz CT molecular complexity index is 1220. The first-order chi connectivity index (χ1) is 17.3. The summed E-state index contributed by atoms with van der Waals surface area (Å²) in [5.41, 5.74) is 1.15. The minimum Gasteiger partial charge on any atom is -0.493 e. The first-order valence-corrected chi connectivity index (χ1v) is 11.6. The lowest BCUT2D eigenvalue weighted by Crippen LogP contribution is -2.59. The third-order valence-corrected chi connectivity index (χ3v) is 6.50. The van der Waals surface area contributed by atoms with Gasteiger partial charge in [0.2, 0.25) is 5.91 Å². The van der Waals surface area contributed by atoms with Gasteiger partial charge in [-0.3, -0.25) is 9.59 Å². The fourth-order valence-electron chi connectivity index (χ4n) is 4.79. The van der Waals surface area contributed by atoms with E-state index in [9.17, 15) is 19.5 Å². The number of benzene rings is 2. The number of nitriles is 1. The van der Waals surface area contributed by atoms with Gasteiger partial charge in [0.05, 0.1) is 24.0 Å². The molecule has 2 aliphatic heterocycles. The SMILES string of the molecule is CN1N=C2CCN(C(=O)C(CCOc3cccc(C#N)c3)NC(=O)O)CC2(Cc2ccccc2)C1=O. The standard InChI is InChI=1S/C26H27N5O5/c1-30-24(33)26(15-18-6-3-2-4-7-18)17-31(12-10-22(26)29-30)23(32)21(28-25(34)35)11-13-36-20-9-5-8-19(14-20)16-27/h2-9,14,21,28H,10-13,15,17H2,1H3,(H,34,35). The topological polar surface area (TPSA) is 135 Å². The maximum atomic E-state index is 13.5. The summed E-state index contributed by atoms with van der Waals surface area (Å²) in [4.78, 5) is 39.8. The summed E-state index contributed by atoms with van der Waals surface area (Å²) in [5, 5.41) is 26.5. The van der Waals surface area contributed by atoms with E-state index in [1.807, 2.05) is 36.4 Å². The van der Waals surface area contributed by atoms with Gasteiger partial charge < -0.3 is 20.1 Å². The molecule has 4 rings (SSSR count). The first-order valence-electron chi connectivity index (χ1n) is 11.6. The number of rotatable bonds is 8. The van der Waals surface area contributed by atoms with Crippen LogP contribution in [0.4, 0.5) is 4.79 Å². The lowest BCUT2D eigenvalue weighted by Gasteiger charge is -2.40. The van der Waals surface area contributed by atoms with Crippen molar-refractivity contribution in [2.45, 2.75) is 25.3 Å². The highest BCUT2D eigenvalue weighted by molar-refractivity contribution is 6.13. The van der Waals surface area contributed by atoms with E-state index in [1.165, 1.54) is 5.01 Å². The van der Waals surface area contributed by atoms with Crippen LogP contribution in [0.15, 0.2) is 59.7 Å². The van der Waals surface area contributed by atoms with E-state index in [2.05, 4.69) is 10.4 Å². The van der Waals surface area contributed by atoms with Crippen LogP contribution in [-0.4, -0.2) is 71.4 Å². The molecule has 0 bridgehead atoms. The molecule has 2 aromatic rings. The number of nitrogens with one attached hydrogen (secondary N) is 1. The molecule has 0 aromatic heterocycles. The van der Waals surface area contributed by atoms with E-state index in [4.69, 9.17) is 10.00 Å². The van der Waals surface area contributed by atoms with Gasteiger partial charge in [0.25, 0.3) is 5.91 Å². The van der Waals surface area contributed by atoms with Crippen LogP contribution in [0.2, 0.25) is 0 Å². The Morgan fingerprint density at radius 2 is 2.03 bits per heavy atom. The maximum Gasteiger partial charge on any atom is 0.405 e. The van der Waals surface area contributed by atoms with Crippen molar-refractivity contribution < 1.29 is 24.2 Å². The molecule has 0 saturated carbocycles. The monoisotopic (exact) mass is 489 g/mol. The van der Waals surface area contributed by atoms with Crippen LogP contribution in [0.5, 0.6) is 5.75 Å². The number of carbonyl (C=O) groups excluding carboxylic acids is 2. The molecule has 3 amide bonds. The lowest BCUT2D eigenvalue weighted by molar-refractivity contribution is -0.140. The Morgan fingerprint density at radius 3 is 2.75 bits per heavy atom. The van der Waals surface area contributed by atoms with E-state index in [-0.39, 0.29) is 25.5 Å². The van der Waals surface area contributed by atoms with Crippen LogP contribution in [-0.2, 0) is 16.0 Å². The minimum atomic E-state index is -1.32. The number of amides is 3. The van der Waals surface area contributed by atoms with Crippen molar-refractivity contribution in [3.63, 3.8) is 0 Å². The second-order valence-corrected chi connectivity index (χ2v) is 8.91. The molecule has 10 heteroatoms. The second kappa shape index (κ2) is 10.5. The number of fused-ring (bicyclic) bond motifs is 1. The number of hydrazone groups is 1. The molecule has 2 heterocycles. The molecule has 2 atom stereocenters.